The maximum Gasteiger partial charge on any atom is 0.124 e. The fourth-order valence-corrected chi connectivity index (χ4v) is 2.23. The van der Waals surface area contributed by atoms with Crippen LogP contribution in [0.25, 0.3) is 0 Å². The Morgan fingerprint density at radius 2 is 2.33 bits per heavy atom. The molecule has 3 heteroatoms. The third-order valence-corrected chi connectivity index (χ3v) is 3.03. The van der Waals surface area contributed by atoms with Gasteiger partial charge in [0.25, 0.3) is 0 Å². The molecule has 0 spiro atoms. The maximum atomic E-state index is 6.10. The Morgan fingerprint density at radius 3 is 3.07 bits per heavy atom. The van der Waals surface area contributed by atoms with Crippen LogP contribution in [0.2, 0.25) is 5.02 Å². The second kappa shape index (κ2) is 4.42. The third kappa shape index (κ3) is 2.27. The van der Waals surface area contributed by atoms with E-state index < -0.39 is 0 Å². The summed E-state index contributed by atoms with van der Waals surface area (Å²) in [5.74, 6) is 0.900. The Morgan fingerprint density at radius 1 is 1.53 bits per heavy atom. The molecule has 0 aliphatic carbocycles. The molecule has 0 radical (unpaired) electrons. The molecule has 1 unspecified atom stereocenters. The molecule has 82 valence electrons. The van der Waals surface area contributed by atoms with E-state index >= 15 is 0 Å². The topological polar surface area (TPSA) is 35.2 Å². The molecule has 1 aliphatic heterocycles. The van der Waals surface area contributed by atoms with Crippen LogP contribution in [0.5, 0.6) is 5.75 Å². The number of hydrogen-bond acceptors (Lipinski definition) is 2. The summed E-state index contributed by atoms with van der Waals surface area (Å²) in [5.41, 5.74) is 7.13. The number of benzene rings is 1. The van der Waals surface area contributed by atoms with E-state index in [1.807, 2.05) is 18.2 Å². The lowest BCUT2D eigenvalue weighted by atomic mass is 9.95. The molecule has 0 saturated carbocycles. The third-order valence-electron chi connectivity index (χ3n) is 2.79. The number of nitrogens with two attached hydrogens (primary N) is 1. The number of halogens is 1. The molecule has 2 N–H and O–H groups in total. The van der Waals surface area contributed by atoms with Crippen LogP contribution in [0, 0.1) is 0 Å². The largest absolute Gasteiger partial charge is 0.490 e. The van der Waals surface area contributed by atoms with Crippen molar-refractivity contribution < 1.29 is 4.74 Å². The summed E-state index contributed by atoms with van der Waals surface area (Å²) >= 11 is 5.93. The lowest BCUT2D eigenvalue weighted by Gasteiger charge is -2.30. The van der Waals surface area contributed by atoms with Crippen molar-refractivity contribution in [3.05, 3.63) is 28.8 Å². The Balaban J connectivity index is 2.24. The SMILES string of the molecule is CCCC1C[C@H](N)c2cc(Cl)ccc2O1. The van der Waals surface area contributed by atoms with Gasteiger partial charge in [-0.15, -0.1) is 0 Å². The molecule has 1 aliphatic rings. The van der Waals surface area contributed by atoms with Crippen LogP contribution < -0.4 is 10.5 Å². The lowest BCUT2D eigenvalue weighted by molar-refractivity contribution is 0.149. The smallest absolute Gasteiger partial charge is 0.124 e. The van der Waals surface area contributed by atoms with E-state index in [9.17, 15) is 0 Å². The van der Waals surface area contributed by atoms with Crippen molar-refractivity contribution in [3.63, 3.8) is 0 Å². The molecule has 0 amide bonds. The molecule has 1 aromatic carbocycles. The van der Waals surface area contributed by atoms with Gasteiger partial charge >= 0.3 is 0 Å². The highest BCUT2D eigenvalue weighted by Crippen LogP contribution is 2.36. The van der Waals surface area contributed by atoms with Crippen LogP contribution in [-0.2, 0) is 0 Å². The van der Waals surface area contributed by atoms with Crippen molar-refractivity contribution in [2.45, 2.75) is 38.3 Å². The molecule has 2 nitrogen and oxygen atoms in total. The van der Waals surface area contributed by atoms with Crippen LogP contribution in [-0.4, -0.2) is 6.10 Å². The van der Waals surface area contributed by atoms with Gasteiger partial charge in [0.05, 0.1) is 0 Å². The van der Waals surface area contributed by atoms with Gasteiger partial charge in [0.2, 0.25) is 0 Å². The lowest BCUT2D eigenvalue weighted by Crippen LogP contribution is -2.29. The van der Waals surface area contributed by atoms with Gasteiger partial charge in [0, 0.05) is 23.0 Å². The molecule has 0 saturated heterocycles. The first-order chi connectivity index (χ1) is 7.20. The van der Waals surface area contributed by atoms with Crippen LogP contribution in [0.4, 0.5) is 0 Å². The van der Waals surface area contributed by atoms with Gasteiger partial charge in [-0.3, -0.25) is 0 Å². The first-order valence-corrected chi connectivity index (χ1v) is 5.80. The van der Waals surface area contributed by atoms with E-state index in [-0.39, 0.29) is 12.1 Å². The van der Waals surface area contributed by atoms with Gasteiger partial charge in [-0.05, 0) is 24.6 Å². The maximum absolute atomic E-state index is 6.10. The average Bonchev–Trinajstić information content (AvgIpc) is 2.20. The first kappa shape index (κ1) is 10.8. The Kier molecular flexibility index (Phi) is 3.17. The fourth-order valence-electron chi connectivity index (χ4n) is 2.05. The molecular weight excluding hydrogens is 210 g/mol. The highest BCUT2D eigenvalue weighted by atomic mass is 35.5. The van der Waals surface area contributed by atoms with Gasteiger partial charge in [0.15, 0.2) is 0 Å². The molecule has 0 bridgehead atoms. The van der Waals surface area contributed by atoms with Crippen LogP contribution in [0.3, 0.4) is 0 Å². The summed E-state index contributed by atoms with van der Waals surface area (Å²) in [6.07, 6.45) is 3.34. The zero-order chi connectivity index (χ0) is 10.8. The van der Waals surface area contributed by atoms with Crippen LogP contribution in [0.1, 0.15) is 37.8 Å². The molecule has 0 aromatic heterocycles. The Bertz CT molecular complexity index is 353. The molecule has 15 heavy (non-hydrogen) atoms. The van der Waals surface area contributed by atoms with Gasteiger partial charge in [0.1, 0.15) is 11.9 Å². The van der Waals surface area contributed by atoms with E-state index in [4.69, 9.17) is 22.1 Å². The zero-order valence-corrected chi connectivity index (χ0v) is 9.63. The van der Waals surface area contributed by atoms with Crippen molar-refractivity contribution in [1.29, 1.82) is 0 Å². The van der Waals surface area contributed by atoms with Crippen molar-refractivity contribution in [3.8, 4) is 5.75 Å². The molecule has 1 aromatic rings. The summed E-state index contributed by atoms with van der Waals surface area (Å²) in [7, 11) is 0. The fraction of sp³-hybridized carbons (Fsp3) is 0.500. The minimum absolute atomic E-state index is 0.0593. The van der Waals surface area contributed by atoms with Crippen molar-refractivity contribution in [2.24, 2.45) is 5.73 Å². The van der Waals surface area contributed by atoms with E-state index in [0.29, 0.717) is 0 Å². The van der Waals surface area contributed by atoms with E-state index in [1.165, 1.54) is 0 Å². The average molecular weight is 226 g/mol. The predicted molar refractivity (Wildman–Crippen MR) is 62.3 cm³/mol. The van der Waals surface area contributed by atoms with E-state index in [1.54, 1.807) is 0 Å². The summed E-state index contributed by atoms with van der Waals surface area (Å²) in [5, 5.41) is 0.724. The molecule has 2 atom stereocenters. The summed E-state index contributed by atoms with van der Waals surface area (Å²) in [6, 6.07) is 5.73. The summed E-state index contributed by atoms with van der Waals surface area (Å²) < 4.78 is 5.86. The van der Waals surface area contributed by atoms with Gasteiger partial charge in [-0.1, -0.05) is 24.9 Å². The Labute approximate surface area is 95.4 Å². The second-order valence-electron chi connectivity index (χ2n) is 4.05. The zero-order valence-electron chi connectivity index (χ0n) is 8.87. The summed E-state index contributed by atoms with van der Waals surface area (Å²) in [4.78, 5) is 0. The van der Waals surface area contributed by atoms with Gasteiger partial charge < -0.3 is 10.5 Å². The van der Waals surface area contributed by atoms with Gasteiger partial charge in [-0.25, -0.2) is 0 Å². The summed E-state index contributed by atoms with van der Waals surface area (Å²) in [6.45, 7) is 2.16. The number of fused-ring (bicyclic) bond motifs is 1. The molecule has 2 rings (SSSR count). The predicted octanol–water partition coefficient (Wildman–Crippen LogP) is 3.29. The van der Waals surface area contributed by atoms with E-state index in [0.717, 1.165) is 35.6 Å². The van der Waals surface area contributed by atoms with Crippen molar-refractivity contribution in [2.75, 3.05) is 0 Å². The molecule has 1 heterocycles. The standard InChI is InChI=1S/C12H16ClNO/c1-2-3-9-7-11(14)10-6-8(13)4-5-12(10)15-9/h4-6,9,11H,2-3,7,14H2,1H3/t9?,11-/m0/s1. The monoisotopic (exact) mass is 225 g/mol. The van der Waals surface area contributed by atoms with Crippen LogP contribution >= 0.6 is 11.6 Å². The number of rotatable bonds is 2. The van der Waals surface area contributed by atoms with Crippen molar-refractivity contribution >= 4 is 11.6 Å². The van der Waals surface area contributed by atoms with Gasteiger partial charge in [-0.2, -0.15) is 0 Å². The normalized spacial score (nSPS) is 24.5. The molecule has 0 fully saturated rings. The van der Waals surface area contributed by atoms with Crippen molar-refractivity contribution in [1.82, 2.24) is 0 Å². The first-order valence-electron chi connectivity index (χ1n) is 5.42. The Hall–Kier alpha value is -0.730. The van der Waals surface area contributed by atoms with E-state index in [2.05, 4.69) is 6.92 Å². The van der Waals surface area contributed by atoms with Crippen LogP contribution in [0.15, 0.2) is 18.2 Å². The quantitative estimate of drug-likeness (QED) is 0.838. The number of hydrogen-bond donors (Lipinski definition) is 1. The highest BCUT2D eigenvalue weighted by Gasteiger charge is 2.25. The minimum atomic E-state index is 0.0593. The second-order valence-corrected chi connectivity index (χ2v) is 4.49. The molecular formula is C12H16ClNO. The number of ether oxygens (including phenoxy) is 1. The minimum Gasteiger partial charge on any atom is -0.490 e. The highest BCUT2D eigenvalue weighted by molar-refractivity contribution is 6.30.